The van der Waals surface area contributed by atoms with Crippen LogP contribution in [0.5, 0.6) is 0 Å². The van der Waals surface area contributed by atoms with Crippen LogP contribution in [0.3, 0.4) is 0 Å². The molecule has 0 spiro atoms. The first-order valence-corrected chi connectivity index (χ1v) is 5.53. The summed E-state index contributed by atoms with van der Waals surface area (Å²) in [6.45, 7) is 4.53. The average Bonchev–Trinajstić information content (AvgIpc) is 2.07. The Balaban J connectivity index is 2.28. The van der Waals surface area contributed by atoms with E-state index in [0.717, 1.165) is 17.6 Å². The minimum atomic E-state index is 0.417. The maximum atomic E-state index is 3.46. The second-order valence-electron chi connectivity index (χ2n) is 3.74. The van der Waals surface area contributed by atoms with E-state index in [1.165, 1.54) is 12.0 Å². The van der Waals surface area contributed by atoms with Crippen molar-refractivity contribution in [2.45, 2.75) is 18.8 Å². The molecule has 1 N–H and O–H groups in total. The lowest BCUT2D eigenvalue weighted by atomic mass is 9.73. The molecule has 1 nitrogen and oxygen atoms in total. The van der Waals surface area contributed by atoms with Gasteiger partial charge >= 0.3 is 0 Å². The van der Waals surface area contributed by atoms with Crippen LogP contribution >= 0.6 is 15.9 Å². The summed E-state index contributed by atoms with van der Waals surface area (Å²) in [4.78, 5) is 0. The van der Waals surface area contributed by atoms with Crippen molar-refractivity contribution in [1.29, 1.82) is 0 Å². The first-order valence-electron chi connectivity index (χ1n) is 4.74. The predicted octanol–water partition coefficient (Wildman–Crippen LogP) is 2.70. The lowest BCUT2D eigenvalue weighted by Crippen LogP contribution is -2.56. The molecule has 0 saturated carbocycles. The van der Waals surface area contributed by atoms with Crippen LogP contribution in [0, 0.1) is 0 Å². The zero-order chi connectivity index (χ0) is 9.31. The third kappa shape index (κ3) is 1.53. The molecule has 1 fully saturated rings. The Kier molecular flexibility index (Phi) is 2.43. The Morgan fingerprint density at radius 3 is 2.31 bits per heavy atom. The van der Waals surface area contributed by atoms with E-state index in [9.17, 15) is 0 Å². The first kappa shape index (κ1) is 9.22. The maximum absolute atomic E-state index is 3.46. The van der Waals surface area contributed by atoms with E-state index in [2.05, 4.69) is 52.4 Å². The highest BCUT2D eigenvalue weighted by atomic mass is 79.9. The fourth-order valence-electron chi connectivity index (χ4n) is 1.89. The fraction of sp³-hybridized carbons (Fsp3) is 0.455. The van der Waals surface area contributed by atoms with Gasteiger partial charge in [0.15, 0.2) is 0 Å². The summed E-state index contributed by atoms with van der Waals surface area (Å²) >= 11 is 3.46. The molecule has 0 aliphatic carbocycles. The summed E-state index contributed by atoms with van der Waals surface area (Å²) in [5.74, 6) is 0. The second-order valence-corrected chi connectivity index (χ2v) is 4.66. The normalized spacial score (nSPS) is 19.5. The van der Waals surface area contributed by atoms with Crippen molar-refractivity contribution < 1.29 is 0 Å². The van der Waals surface area contributed by atoms with Crippen molar-refractivity contribution in [3.8, 4) is 0 Å². The number of hydrogen-bond donors (Lipinski definition) is 1. The molecule has 1 aromatic rings. The number of benzene rings is 1. The molecule has 0 atom stereocenters. The zero-order valence-electron chi connectivity index (χ0n) is 7.81. The van der Waals surface area contributed by atoms with E-state index in [-0.39, 0.29) is 0 Å². The van der Waals surface area contributed by atoms with Gasteiger partial charge in [-0.3, -0.25) is 0 Å². The number of rotatable bonds is 2. The van der Waals surface area contributed by atoms with Crippen molar-refractivity contribution in [3.63, 3.8) is 0 Å². The molecule has 1 aliphatic heterocycles. The quantitative estimate of drug-likeness (QED) is 0.838. The summed E-state index contributed by atoms with van der Waals surface area (Å²) in [5.41, 5.74) is 1.89. The van der Waals surface area contributed by atoms with E-state index < -0.39 is 0 Å². The largest absolute Gasteiger partial charge is 0.315 e. The van der Waals surface area contributed by atoms with Crippen LogP contribution in [0.15, 0.2) is 28.7 Å². The molecule has 0 radical (unpaired) electrons. The molecular weight excluding hydrogens is 226 g/mol. The predicted molar refractivity (Wildman–Crippen MR) is 59.0 cm³/mol. The van der Waals surface area contributed by atoms with Gasteiger partial charge in [0.25, 0.3) is 0 Å². The van der Waals surface area contributed by atoms with Gasteiger partial charge in [0.2, 0.25) is 0 Å². The molecular formula is C11H14BrN. The summed E-state index contributed by atoms with van der Waals surface area (Å²) in [6.07, 6.45) is 1.22. The van der Waals surface area contributed by atoms with Gasteiger partial charge in [0, 0.05) is 23.0 Å². The standard InChI is InChI=1S/C11H14BrN/c1-2-11(7-13-8-11)9-3-5-10(12)6-4-9/h3-6,13H,2,7-8H2,1H3. The van der Waals surface area contributed by atoms with Gasteiger partial charge in [-0.05, 0) is 24.1 Å². The second kappa shape index (κ2) is 3.43. The molecule has 2 heteroatoms. The van der Waals surface area contributed by atoms with E-state index in [0.29, 0.717) is 5.41 Å². The smallest absolute Gasteiger partial charge is 0.0200 e. The molecule has 0 amide bonds. The highest BCUT2D eigenvalue weighted by molar-refractivity contribution is 9.10. The third-order valence-corrected chi connectivity index (χ3v) is 3.59. The Hall–Kier alpha value is -0.340. The molecule has 0 bridgehead atoms. The van der Waals surface area contributed by atoms with Gasteiger partial charge in [0.1, 0.15) is 0 Å². The Bertz CT molecular complexity index is 282. The van der Waals surface area contributed by atoms with Gasteiger partial charge in [-0.1, -0.05) is 35.0 Å². The molecule has 1 aromatic carbocycles. The Morgan fingerprint density at radius 1 is 1.31 bits per heavy atom. The highest BCUT2D eigenvalue weighted by Crippen LogP contribution is 2.32. The van der Waals surface area contributed by atoms with Crippen LogP contribution in [-0.4, -0.2) is 13.1 Å². The lowest BCUT2D eigenvalue weighted by Gasteiger charge is -2.42. The van der Waals surface area contributed by atoms with Crippen molar-refractivity contribution in [2.24, 2.45) is 0 Å². The fourth-order valence-corrected chi connectivity index (χ4v) is 2.15. The van der Waals surface area contributed by atoms with Crippen LogP contribution in [0.2, 0.25) is 0 Å². The van der Waals surface area contributed by atoms with Gasteiger partial charge in [-0.2, -0.15) is 0 Å². The van der Waals surface area contributed by atoms with E-state index in [1.807, 2.05) is 0 Å². The molecule has 1 aliphatic rings. The van der Waals surface area contributed by atoms with Gasteiger partial charge in [0.05, 0.1) is 0 Å². The van der Waals surface area contributed by atoms with Crippen LogP contribution in [0.1, 0.15) is 18.9 Å². The zero-order valence-corrected chi connectivity index (χ0v) is 9.39. The van der Waals surface area contributed by atoms with Crippen molar-refractivity contribution in [3.05, 3.63) is 34.3 Å². The molecule has 2 rings (SSSR count). The molecule has 70 valence electrons. The van der Waals surface area contributed by atoms with Crippen molar-refractivity contribution in [2.75, 3.05) is 13.1 Å². The van der Waals surface area contributed by atoms with Crippen LogP contribution in [0.25, 0.3) is 0 Å². The summed E-state index contributed by atoms with van der Waals surface area (Å²) in [6, 6.07) is 8.72. The van der Waals surface area contributed by atoms with Crippen molar-refractivity contribution in [1.82, 2.24) is 5.32 Å². The Labute approximate surface area is 87.7 Å². The molecule has 1 heterocycles. The lowest BCUT2D eigenvalue weighted by molar-refractivity contribution is 0.267. The number of hydrogen-bond acceptors (Lipinski definition) is 1. The SMILES string of the molecule is CCC1(c2ccc(Br)cc2)CNC1. The summed E-state index contributed by atoms with van der Waals surface area (Å²) in [7, 11) is 0. The van der Waals surface area contributed by atoms with E-state index in [1.54, 1.807) is 0 Å². The molecule has 13 heavy (non-hydrogen) atoms. The molecule has 1 saturated heterocycles. The maximum Gasteiger partial charge on any atom is 0.0200 e. The number of halogens is 1. The van der Waals surface area contributed by atoms with Crippen LogP contribution in [-0.2, 0) is 5.41 Å². The minimum Gasteiger partial charge on any atom is -0.315 e. The molecule has 0 unspecified atom stereocenters. The summed E-state index contributed by atoms with van der Waals surface area (Å²) in [5, 5.41) is 3.35. The minimum absolute atomic E-state index is 0.417. The van der Waals surface area contributed by atoms with Crippen LogP contribution < -0.4 is 5.32 Å². The summed E-state index contributed by atoms with van der Waals surface area (Å²) < 4.78 is 1.16. The molecule has 0 aromatic heterocycles. The van der Waals surface area contributed by atoms with Crippen molar-refractivity contribution >= 4 is 15.9 Å². The number of nitrogens with one attached hydrogen (secondary N) is 1. The van der Waals surface area contributed by atoms with Gasteiger partial charge < -0.3 is 5.32 Å². The topological polar surface area (TPSA) is 12.0 Å². The van der Waals surface area contributed by atoms with Crippen LogP contribution in [0.4, 0.5) is 0 Å². The average molecular weight is 240 g/mol. The van der Waals surface area contributed by atoms with E-state index in [4.69, 9.17) is 0 Å². The van der Waals surface area contributed by atoms with Gasteiger partial charge in [-0.25, -0.2) is 0 Å². The monoisotopic (exact) mass is 239 g/mol. The van der Waals surface area contributed by atoms with E-state index >= 15 is 0 Å². The van der Waals surface area contributed by atoms with Gasteiger partial charge in [-0.15, -0.1) is 0 Å². The first-order chi connectivity index (χ1) is 6.27. The third-order valence-electron chi connectivity index (χ3n) is 3.06. The highest BCUT2D eigenvalue weighted by Gasteiger charge is 2.36. The Morgan fingerprint density at radius 2 is 1.92 bits per heavy atom.